The molecule has 4 heteroatoms. The largest absolute Gasteiger partial charge is 0.503 e. The normalized spacial score (nSPS) is 10.9. The molecule has 24 heavy (non-hydrogen) atoms. The maximum Gasteiger partial charge on any atom is 0.223 e. The van der Waals surface area contributed by atoms with Gasteiger partial charge in [0.25, 0.3) is 0 Å². The zero-order valence-electron chi connectivity index (χ0n) is 15.1. The predicted octanol–water partition coefficient (Wildman–Crippen LogP) is 5.07. The Labute approximate surface area is 145 Å². The fourth-order valence-electron chi connectivity index (χ4n) is 3.02. The standard InChI is InChI=1S/C20H33NO3/c1-2-3-4-5-6-7-8-9-10-11-12-13-15-21-16-14-19(23)20(24)18(21)17-22/h14,16-17,24H,2-13,15H2,1H3. The molecule has 4 nitrogen and oxygen atoms in total. The van der Waals surface area contributed by atoms with Crippen LogP contribution < -0.4 is 5.43 Å². The van der Waals surface area contributed by atoms with E-state index in [9.17, 15) is 14.7 Å². The van der Waals surface area contributed by atoms with Crippen molar-refractivity contribution in [1.82, 2.24) is 4.57 Å². The molecule has 1 aromatic heterocycles. The summed E-state index contributed by atoms with van der Waals surface area (Å²) in [5, 5.41) is 9.61. The van der Waals surface area contributed by atoms with Crippen molar-refractivity contribution in [3.05, 3.63) is 28.2 Å². The highest BCUT2D eigenvalue weighted by molar-refractivity contribution is 5.76. The van der Waals surface area contributed by atoms with Crippen LogP contribution in [0.4, 0.5) is 0 Å². The van der Waals surface area contributed by atoms with Gasteiger partial charge in [-0.1, -0.05) is 77.6 Å². The third kappa shape index (κ3) is 7.80. The molecule has 0 amide bonds. The number of pyridine rings is 1. The van der Waals surface area contributed by atoms with E-state index in [2.05, 4.69) is 6.92 Å². The monoisotopic (exact) mass is 335 g/mol. The van der Waals surface area contributed by atoms with Gasteiger partial charge in [0.1, 0.15) is 5.69 Å². The van der Waals surface area contributed by atoms with Crippen LogP contribution in [0, 0.1) is 0 Å². The first kappa shape index (κ1) is 20.5. The van der Waals surface area contributed by atoms with Crippen molar-refractivity contribution in [2.24, 2.45) is 0 Å². The Bertz CT molecular complexity index is 522. The van der Waals surface area contributed by atoms with E-state index in [-0.39, 0.29) is 5.69 Å². The molecule has 0 aliphatic heterocycles. The van der Waals surface area contributed by atoms with Crippen LogP contribution in [0.2, 0.25) is 0 Å². The lowest BCUT2D eigenvalue weighted by atomic mass is 10.1. The first-order valence-corrected chi connectivity index (χ1v) is 9.58. The number of aromatic hydroxyl groups is 1. The van der Waals surface area contributed by atoms with E-state index in [0.717, 1.165) is 12.8 Å². The summed E-state index contributed by atoms with van der Waals surface area (Å²) < 4.78 is 1.67. The highest BCUT2D eigenvalue weighted by Crippen LogP contribution is 2.13. The first-order valence-electron chi connectivity index (χ1n) is 9.58. The molecule has 0 radical (unpaired) electrons. The molecule has 1 aromatic rings. The summed E-state index contributed by atoms with van der Waals surface area (Å²) in [6, 6.07) is 1.31. The summed E-state index contributed by atoms with van der Waals surface area (Å²) in [7, 11) is 0. The number of aryl methyl sites for hydroxylation is 1. The predicted molar refractivity (Wildman–Crippen MR) is 98.8 cm³/mol. The van der Waals surface area contributed by atoms with Crippen molar-refractivity contribution in [2.75, 3.05) is 0 Å². The van der Waals surface area contributed by atoms with Crippen LogP contribution in [0.1, 0.15) is 94.5 Å². The summed E-state index contributed by atoms with van der Waals surface area (Å²) in [5.41, 5.74) is -0.409. The number of carbonyl (C=O) groups excluding carboxylic acids is 1. The number of unbranched alkanes of at least 4 members (excludes halogenated alkanes) is 11. The van der Waals surface area contributed by atoms with E-state index in [1.165, 1.54) is 70.3 Å². The van der Waals surface area contributed by atoms with E-state index >= 15 is 0 Å². The number of hydrogen-bond acceptors (Lipinski definition) is 3. The fourth-order valence-corrected chi connectivity index (χ4v) is 3.02. The molecular formula is C20H33NO3. The number of aromatic nitrogens is 1. The maximum atomic E-state index is 11.3. The molecule has 0 aliphatic carbocycles. The van der Waals surface area contributed by atoms with Crippen molar-refractivity contribution in [2.45, 2.75) is 90.5 Å². The zero-order chi connectivity index (χ0) is 17.6. The Morgan fingerprint density at radius 3 is 1.92 bits per heavy atom. The second-order valence-electron chi connectivity index (χ2n) is 6.61. The van der Waals surface area contributed by atoms with Gasteiger partial charge in [0, 0.05) is 18.8 Å². The molecule has 0 fully saturated rings. The molecule has 0 bridgehead atoms. The van der Waals surface area contributed by atoms with Crippen LogP contribution in [0.15, 0.2) is 17.1 Å². The van der Waals surface area contributed by atoms with Gasteiger partial charge in [0.15, 0.2) is 12.0 Å². The van der Waals surface area contributed by atoms with Crippen molar-refractivity contribution in [1.29, 1.82) is 0 Å². The van der Waals surface area contributed by atoms with E-state index in [0.29, 0.717) is 12.8 Å². The summed E-state index contributed by atoms with van der Waals surface area (Å²) >= 11 is 0. The summed E-state index contributed by atoms with van der Waals surface area (Å²) in [4.78, 5) is 22.3. The van der Waals surface area contributed by atoms with E-state index in [4.69, 9.17) is 0 Å². The third-order valence-electron chi connectivity index (χ3n) is 4.56. The lowest BCUT2D eigenvalue weighted by molar-refractivity contribution is 0.111. The topological polar surface area (TPSA) is 59.3 Å². The molecule has 0 saturated heterocycles. The van der Waals surface area contributed by atoms with E-state index in [1.807, 2.05) is 0 Å². The van der Waals surface area contributed by atoms with Gasteiger partial charge < -0.3 is 9.67 Å². The number of aldehydes is 1. The second-order valence-corrected chi connectivity index (χ2v) is 6.61. The van der Waals surface area contributed by atoms with Gasteiger partial charge in [-0.15, -0.1) is 0 Å². The average molecular weight is 335 g/mol. The van der Waals surface area contributed by atoms with Gasteiger partial charge in [0.05, 0.1) is 0 Å². The fraction of sp³-hybridized carbons (Fsp3) is 0.700. The number of hydrogen-bond donors (Lipinski definition) is 1. The summed E-state index contributed by atoms with van der Waals surface area (Å²) in [6.45, 7) is 2.92. The van der Waals surface area contributed by atoms with Gasteiger partial charge in [-0.25, -0.2) is 0 Å². The molecule has 1 N–H and O–H groups in total. The number of carbonyl (C=O) groups is 1. The van der Waals surface area contributed by atoms with Crippen molar-refractivity contribution in [3.63, 3.8) is 0 Å². The minimum Gasteiger partial charge on any atom is -0.503 e. The molecule has 0 unspecified atom stereocenters. The van der Waals surface area contributed by atoms with Gasteiger partial charge in [-0.2, -0.15) is 0 Å². The van der Waals surface area contributed by atoms with Crippen LogP contribution in [0.5, 0.6) is 5.75 Å². The smallest absolute Gasteiger partial charge is 0.223 e. The number of nitrogens with zero attached hydrogens (tertiary/aromatic N) is 1. The molecule has 1 heterocycles. The third-order valence-corrected chi connectivity index (χ3v) is 4.56. The molecule has 136 valence electrons. The molecule has 0 aliphatic rings. The Morgan fingerprint density at radius 2 is 1.42 bits per heavy atom. The quantitative estimate of drug-likeness (QED) is 0.381. The van der Waals surface area contributed by atoms with E-state index < -0.39 is 11.2 Å². The van der Waals surface area contributed by atoms with Gasteiger partial charge in [-0.3, -0.25) is 9.59 Å². The molecule has 1 rings (SSSR count). The molecular weight excluding hydrogens is 302 g/mol. The lowest BCUT2D eigenvalue weighted by Gasteiger charge is -2.10. The minimum absolute atomic E-state index is 0.0885. The Kier molecular flexibility index (Phi) is 10.9. The van der Waals surface area contributed by atoms with Crippen molar-refractivity contribution in [3.8, 4) is 5.75 Å². The van der Waals surface area contributed by atoms with Crippen molar-refractivity contribution >= 4 is 6.29 Å². The van der Waals surface area contributed by atoms with Crippen LogP contribution in [0.25, 0.3) is 0 Å². The first-order chi connectivity index (χ1) is 11.7. The Hall–Kier alpha value is -1.58. The lowest BCUT2D eigenvalue weighted by Crippen LogP contribution is -2.12. The van der Waals surface area contributed by atoms with Crippen LogP contribution in [-0.2, 0) is 6.54 Å². The SMILES string of the molecule is CCCCCCCCCCCCCCn1ccc(=O)c(O)c1C=O. The minimum atomic E-state index is -0.497. The molecule has 0 atom stereocenters. The average Bonchev–Trinajstić information content (AvgIpc) is 2.59. The van der Waals surface area contributed by atoms with Gasteiger partial charge in [-0.05, 0) is 6.42 Å². The van der Waals surface area contributed by atoms with Crippen molar-refractivity contribution < 1.29 is 9.90 Å². The molecule has 0 spiro atoms. The zero-order valence-corrected chi connectivity index (χ0v) is 15.1. The second kappa shape index (κ2) is 12.8. The maximum absolute atomic E-state index is 11.3. The highest BCUT2D eigenvalue weighted by atomic mass is 16.3. The Balaban J connectivity index is 2.06. The van der Waals surface area contributed by atoms with Crippen LogP contribution >= 0.6 is 0 Å². The van der Waals surface area contributed by atoms with E-state index in [1.54, 1.807) is 10.8 Å². The molecule has 0 saturated carbocycles. The van der Waals surface area contributed by atoms with Gasteiger partial charge >= 0.3 is 0 Å². The molecule has 0 aromatic carbocycles. The highest BCUT2D eigenvalue weighted by Gasteiger charge is 2.08. The van der Waals surface area contributed by atoms with Crippen LogP contribution in [-0.4, -0.2) is 16.0 Å². The summed E-state index contributed by atoms with van der Waals surface area (Å²) in [6.07, 6.45) is 17.5. The summed E-state index contributed by atoms with van der Waals surface area (Å²) in [5.74, 6) is -0.438. The number of rotatable bonds is 14. The Morgan fingerprint density at radius 1 is 0.917 bits per heavy atom. The van der Waals surface area contributed by atoms with Crippen LogP contribution in [0.3, 0.4) is 0 Å². The van der Waals surface area contributed by atoms with Gasteiger partial charge in [0.2, 0.25) is 5.43 Å².